The third kappa shape index (κ3) is 3.91. The summed E-state index contributed by atoms with van der Waals surface area (Å²) in [4.78, 5) is 16.7. The third-order valence-electron chi connectivity index (χ3n) is 3.02. The number of amides is 1. The summed E-state index contributed by atoms with van der Waals surface area (Å²) in [5, 5.41) is 10.1. The van der Waals surface area contributed by atoms with E-state index in [4.69, 9.17) is 0 Å². The predicted octanol–water partition coefficient (Wildman–Crippen LogP) is 3.45. The molecule has 0 fully saturated rings. The van der Waals surface area contributed by atoms with Gasteiger partial charge >= 0.3 is 0 Å². The number of hydrogen-bond acceptors (Lipinski definition) is 4. The highest BCUT2D eigenvalue weighted by Crippen LogP contribution is 2.23. The average Bonchev–Trinajstić information content (AvgIpc) is 2.95. The second-order valence-electron chi connectivity index (χ2n) is 5.93. The van der Waals surface area contributed by atoms with Crippen LogP contribution in [0, 0.1) is 5.92 Å². The maximum Gasteiger partial charge on any atom is 0.275 e. The third-order valence-corrected chi connectivity index (χ3v) is 3.89. The second-order valence-corrected chi connectivity index (χ2v) is 6.88. The fraction of sp³-hybridized carbons (Fsp3) is 0.533. The minimum atomic E-state index is -0.170. The van der Waals surface area contributed by atoms with Crippen LogP contribution in [0.25, 0.3) is 0 Å². The van der Waals surface area contributed by atoms with Crippen LogP contribution >= 0.6 is 11.3 Å². The van der Waals surface area contributed by atoms with E-state index in [1.807, 2.05) is 18.6 Å². The van der Waals surface area contributed by atoms with Crippen molar-refractivity contribution >= 4 is 22.9 Å². The van der Waals surface area contributed by atoms with Crippen LogP contribution in [0.4, 0.5) is 5.69 Å². The zero-order valence-electron chi connectivity index (χ0n) is 13.2. The van der Waals surface area contributed by atoms with Crippen molar-refractivity contribution in [3.63, 3.8) is 0 Å². The second kappa shape index (κ2) is 6.39. The topological polar surface area (TPSA) is 59.8 Å². The van der Waals surface area contributed by atoms with Crippen LogP contribution in [0.15, 0.2) is 11.6 Å². The van der Waals surface area contributed by atoms with Crippen molar-refractivity contribution in [3.05, 3.63) is 28.0 Å². The summed E-state index contributed by atoms with van der Waals surface area (Å²) in [5.74, 6) is 0.627. The molecule has 2 heterocycles. The number of aromatic nitrogens is 3. The molecular formula is C15H22N4OS. The molecule has 0 aliphatic heterocycles. The Kier molecular flexibility index (Phi) is 4.77. The Labute approximate surface area is 129 Å². The van der Waals surface area contributed by atoms with E-state index in [1.54, 1.807) is 4.68 Å². The molecule has 114 valence electrons. The van der Waals surface area contributed by atoms with Gasteiger partial charge in [0.25, 0.3) is 5.91 Å². The lowest BCUT2D eigenvalue weighted by Crippen LogP contribution is -2.13. The standard InChI is InChI=1S/C15H22N4OS/c1-9(2)6-13-16-12(8-21-13)15(20)17-11-7-19(5)18-14(11)10(3)4/h7-10H,6H2,1-5H3,(H,17,20). The van der Waals surface area contributed by atoms with Crippen molar-refractivity contribution in [2.45, 2.75) is 40.0 Å². The van der Waals surface area contributed by atoms with Gasteiger partial charge in [-0.25, -0.2) is 4.98 Å². The number of hydrogen-bond donors (Lipinski definition) is 1. The highest BCUT2D eigenvalue weighted by molar-refractivity contribution is 7.09. The van der Waals surface area contributed by atoms with Crippen LogP contribution in [0.5, 0.6) is 0 Å². The number of rotatable bonds is 5. The molecule has 0 spiro atoms. The maximum absolute atomic E-state index is 12.3. The van der Waals surface area contributed by atoms with Crippen molar-refractivity contribution in [2.24, 2.45) is 13.0 Å². The monoisotopic (exact) mass is 306 g/mol. The number of thiazole rings is 1. The molecule has 0 bridgehead atoms. The summed E-state index contributed by atoms with van der Waals surface area (Å²) in [7, 11) is 1.85. The lowest BCUT2D eigenvalue weighted by atomic mass is 10.1. The molecule has 21 heavy (non-hydrogen) atoms. The molecule has 2 aromatic rings. The Morgan fingerprint density at radius 3 is 2.71 bits per heavy atom. The first-order chi connectivity index (χ1) is 9.86. The van der Waals surface area contributed by atoms with Crippen molar-refractivity contribution in [2.75, 3.05) is 5.32 Å². The van der Waals surface area contributed by atoms with Crippen LogP contribution in [0.1, 0.15) is 54.8 Å². The Balaban J connectivity index is 2.13. The normalized spacial score (nSPS) is 11.4. The molecule has 5 nitrogen and oxygen atoms in total. The quantitative estimate of drug-likeness (QED) is 0.920. The Morgan fingerprint density at radius 2 is 2.10 bits per heavy atom. The first kappa shape index (κ1) is 15.7. The lowest BCUT2D eigenvalue weighted by Gasteiger charge is -2.05. The van der Waals surface area contributed by atoms with Gasteiger partial charge in [0.05, 0.1) is 16.4 Å². The van der Waals surface area contributed by atoms with Gasteiger partial charge in [-0.1, -0.05) is 27.7 Å². The predicted molar refractivity (Wildman–Crippen MR) is 85.9 cm³/mol. The van der Waals surface area contributed by atoms with Crippen molar-refractivity contribution in [1.82, 2.24) is 14.8 Å². The zero-order chi connectivity index (χ0) is 15.6. The van der Waals surface area contributed by atoms with Crippen molar-refractivity contribution in [1.29, 1.82) is 0 Å². The molecule has 6 heteroatoms. The van der Waals surface area contributed by atoms with Crippen molar-refractivity contribution < 1.29 is 4.79 Å². The molecule has 0 aliphatic rings. The van der Waals surface area contributed by atoms with Crippen LogP contribution in [0.2, 0.25) is 0 Å². The highest BCUT2D eigenvalue weighted by Gasteiger charge is 2.17. The number of carbonyl (C=O) groups excluding carboxylic acids is 1. The molecule has 0 saturated heterocycles. The van der Waals surface area contributed by atoms with Gasteiger partial charge < -0.3 is 5.32 Å². The van der Waals surface area contributed by atoms with E-state index in [-0.39, 0.29) is 11.8 Å². The average molecular weight is 306 g/mol. The van der Waals surface area contributed by atoms with Crippen LogP contribution in [0.3, 0.4) is 0 Å². The van der Waals surface area contributed by atoms with E-state index in [9.17, 15) is 4.79 Å². The van der Waals surface area contributed by atoms with E-state index in [0.29, 0.717) is 11.6 Å². The maximum atomic E-state index is 12.3. The summed E-state index contributed by atoms with van der Waals surface area (Å²) in [5.41, 5.74) is 2.13. The lowest BCUT2D eigenvalue weighted by molar-refractivity contribution is 0.102. The molecule has 0 radical (unpaired) electrons. The number of nitrogens with one attached hydrogen (secondary N) is 1. The molecule has 1 amide bonds. The summed E-state index contributed by atoms with van der Waals surface area (Å²) in [6.07, 6.45) is 2.73. The van der Waals surface area contributed by atoms with Crippen LogP contribution in [-0.4, -0.2) is 20.7 Å². The Hall–Kier alpha value is -1.69. The zero-order valence-corrected chi connectivity index (χ0v) is 14.0. The van der Waals surface area contributed by atoms with Gasteiger partial charge in [-0.15, -0.1) is 11.3 Å². The number of anilines is 1. The molecular weight excluding hydrogens is 284 g/mol. The van der Waals surface area contributed by atoms with Crippen LogP contribution < -0.4 is 5.32 Å². The molecule has 2 rings (SSSR count). The minimum absolute atomic E-state index is 0.170. The summed E-state index contributed by atoms with van der Waals surface area (Å²) in [6, 6.07) is 0. The molecule has 0 aromatic carbocycles. The first-order valence-electron chi connectivity index (χ1n) is 7.16. The number of nitrogens with zero attached hydrogens (tertiary/aromatic N) is 3. The fourth-order valence-corrected chi connectivity index (χ4v) is 3.06. The highest BCUT2D eigenvalue weighted by atomic mass is 32.1. The van der Waals surface area contributed by atoms with Gasteiger partial charge in [-0.05, 0) is 11.8 Å². The van der Waals surface area contributed by atoms with Gasteiger partial charge in [0, 0.05) is 25.0 Å². The molecule has 2 aromatic heterocycles. The molecule has 0 unspecified atom stereocenters. The van der Waals surface area contributed by atoms with E-state index in [0.717, 1.165) is 22.8 Å². The molecule has 0 aliphatic carbocycles. The van der Waals surface area contributed by atoms with E-state index < -0.39 is 0 Å². The van der Waals surface area contributed by atoms with E-state index >= 15 is 0 Å². The van der Waals surface area contributed by atoms with Gasteiger partial charge in [0.15, 0.2) is 0 Å². The Bertz CT molecular complexity index is 627. The molecule has 0 atom stereocenters. The van der Waals surface area contributed by atoms with E-state index in [2.05, 4.69) is 43.1 Å². The summed E-state index contributed by atoms with van der Waals surface area (Å²) >= 11 is 1.54. The number of aryl methyl sites for hydroxylation is 1. The smallest absolute Gasteiger partial charge is 0.275 e. The van der Waals surface area contributed by atoms with Crippen LogP contribution in [-0.2, 0) is 13.5 Å². The number of carbonyl (C=O) groups is 1. The van der Waals surface area contributed by atoms with E-state index in [1.165, 1.54) is 11.3 Å². The van der Waals surface area contributed by atoms with Crippen molar-refractivity contribution in [3.8, 4) is 0 Å². The summed E-state index contributed by atoms with van der Waals surface area (Å²) in [6.45, 7) is 8.40. The summed E-state index contributed by atoms with van der Waals surface area (Å²) < 4.78 is 1.72. The first-order valence-corrected chi connectivity index (χ1v) is 8.04. The largest absolute Gasteiger partial charge is 0.318 e. The van der Waals surface area contributed by atoms with Gasteiger partial charge in [0.1, 0.15) is 5.69 Å². The SMILES string of the molecule is CC(C)Cc1nc(C(=O)Nc2cn(C)nc2C(C)C)cs1. The Morgan fingerprint density at radius 1 is 1.38 bits per heavy atom. The molecule has 0 saturated carbocycles. The molecule has 1 N–H and O–H groups in total. The fourth-order valence-electron chi connectivity index (χ4n) is 2.07. The van der Waals surface area contributed by atoms with Gasteiger partial charge in [-0.3, -0.25) is 9.48 Å². The van der Waals surface area contributed by atoms with Gasteiger partial charge in [-0.2, -0.15) is 5.10 Å². The van der Waals surface area contributed by atoms with Gasteiger partial charge in [0.2, 0.25) is 0 Å². The minimum Gasteiger partial charge on any atom is -0.318 e.